The van der Waals surface area contributed by atoms with Crippen LogP contribution in [-0.2, 0) is 6.54 Å². The zero-order valence-corrected chi connectivity index (χ0v) is 12.3. The molecule has 0 aliphatic carbocycles. The lowest BCUT2D eigenvalue weighted by molar-refractivity contribution is 0.251. The topological polar surface area (TPSA) is 50.4 Å². The van der Waals surface area contributed by atoms with Gasteiger partial charge < -0.3 is 15.4 Å². The molecule has 0 saturated heterocycles. The molecule has 2 rings (SSSR count). The summed E-state index contributed by atoms with van der Waals surface area (Å²) in [6.07, 6.45) is 0. The molecule has 2 amide bonds. The van der Waals surface area contributed by atoms with Gasteiger partial charge in [-0.15, -0.1) is 0 Å². The summed E-state index contributed by atoms with van der Waals surface area (Å²) in [5.41, 5.74) is 2.93. The zero-order valence-electron chi connectivity index (χ0n) is 12.3. The van der Waals surface area contributed by atoms with E-state index < -0.39 is 0 Å². The van der Waals surface area contributed by atoms with E-state index in [1.165, 1.54) is 0 Å². The third kappa shape index (κ3) is 4.84. The predicted octanol–water partition coefficient (Wildman–Crippen LogP) is 3.72. The maximum Gasteiger partial charge on any atom is 0.319 e. The Morgan fingerprint density at radius 1 is 1.14 bits per heavy atom. The largest absolute Gasteiger partial charge is 0.494 e. The van der Waals surface area contributed by atoms with E-state index in [0.29, 0.717) is 13.2 Å². The summed E-state index contributed by atoms with van der Waals surface area (Å²) in [7, 11) is 0. The molecular weight excluding hydrogens is 264 g/mol. The Bertz CT molecular complexity index is 594. The summed E-state index contributed by atoms with van der Waals surface area (Å²) in [5.74, 6) is 0.838. The van der Waals surface area contributed by atoms with Crippen molar-refractivity contribution in [1.82, 2.24) is 5.32 Å². The van der Waals surface area contributed by atoms with Gasteiger partial charge in [0.1, 0.15) is 5.75 Å². The molecule has 0 atom stereocenters. The average molecular weight is 284 g/mol. The number of carbonyl (C=O) groups excluding carboxylic acids is 1. The second-order valence-electron chi connectivity index (χ2n) is 4.75. The Morgan fingerprint density at radius 2 is 1.90 bits per heavy atom. The second kappa shape index (κ2) is 7.33. The third-order valence-electron chi connectivity index (χ3n) is 2.96. The minimum atomic E-state index is -0.213. The van der Waals surface area contributed by atoms with Crippen LogP contribution in [0.2, 0.25) is 0 Å². The zero-order chi connectivity index (χ0) is 15.1. The van der Waals surface area contributed by atoms with Crippen molar-refractivity contribution in [3.63, 3.8) is 0 Å². The average Bonchev–Trinajstić information content (AvgIpc) is 2.47. The molecule has 110 valence electrons. The van der Waals surface area contributed by atoms with Crippen molar-refractivity contribution < 1.29 is 9.53 Å². The molecule has 2 N–H and O–H groups in total. The number of hydrogen-bond donors (Lipinski definition) is 2. The van der Waals surface area contributed by atoms with Gasteiger partial charge in [0, 0.05) is 12.2 Å². The van der Waals surface area contributed by atoms with Crippen LogP contribution in [0.25, 0.3) is 0 Å². The fourth-order valence-electron chi connectivity index (χ4n) is 1.95. The summed E-state index contributed by atoms with van der Waals surface area (Å²) in [6.45, 7) is 5.06. The molecule has 4 nitrogen and oxygen atoms in total. The van der Waals surface area contributed by atoms with Gasteiger partial charge in [0.05, 0.1) is 6.61 Å². The van der Waals surface area contributed by atoms with Crippen LogP contribution in [0.3, 0.4) is 0 Å². The van der Waals surface area contributed by atoms with Gasteiger partial charge in [0.25, 0.3) is 0 Å². The molecule has 0 spiro atoms. The summed E-state index contributed by atoms with van der Waals surface area (Å²) in [6, 6.07) is 15.2. The van der Waals surface area contributed by atoms with Crippen LogP contribution in [0, 0.1) is 6.92 Å². The number of amides is 2. The first-order valence-electron chi connectivity index (χ1n) is 7.00. The molecule has 0 fully saturated rings. The van der Waals surface area contributed by atoms with Crippen LogP contribution >= 0.6 is 0 Å². The quantitative estimate of drug-likeness (QED) is 0.879. The molecule has 0 bridgehead atoms. The fraction of sp³-hybridized carbons (Fsp3) is 0.235. The van der Waals surface area contributed by atoms with Crippen molar-refractivity contribution in [3.8, 4) is 5.75 Å². The highest BCUT2D eigenvalue weighted by atomic mass is 16.5. The summed E-state index contributed by atoms with van der Waals surface area (Å²) < 4.78 is 5.38. The van der Waals surface area contributed by atoms with E-state index in [2.05, 4.69) is 10.6 Å². The van der Waals surface area contributed by atoms with Crippen molar-refractivity contribution in [2.75, 3.05) is 11.9 Å². The van der Waals surface area contributed by atoms with Crippen LogP contribution in [-0.4, -0.2) is 12.6 Å². The lowest BCUT2D eigenvalue weighted by atomic mass is 10.2. The SMILES string of the molecule is CCOc1ccc(CNC(=O)Nc2cccc(C)c2)cc1. The number of ether oxygens (including phenoxy) is 1. The maximum atomic E-state index is 11.8. The molecule has 2 aromatic rings. The van der Waals surface area contributed by atoms with Crippen molar-refractivity contribution >= 4 is 11.7 Å². The molecule has 21 heavy (non-hydrogen) atoms. The van der Waals surface area contributed by atoms with Gasteiger partial charge in [0.15, 0.2) is 0 Å². The Morgan fingerprint density at radius 3 is 2.57 bits per heavy atom. The molecule has 4 heteroatoms. The molecule has 0 heterocycles. The Kier molecular flexibility index (Phi) is 5.21. The van der Waals surface area contributed by atoms with E-state index in [4.69, 9.17) is 4.74 Å². The number of hydrogen-bond acceptors (Lipinski definition) is 2. The number of nitrogens with one attached hydrogen (secondary N) is 2. The lowest BCUT2D eigenvalue weighted by Crippen LogP contribution is -2.28. The minimum Gasteiger partial charge on any atom is -0.494 e. The van der Waals surface area contributed by atoms with Gasteiger partial charge in [-0.2, -0.15) is 0 Å². The van der Waals surface area contributed by atoms with E-state index in [1.54, 1.807) is 0 Å². The smallest absolute Gasteiger partial charge is 0.319 e. The Hall–Kier alpha value is -2.49. The highest BCUT2D eigenvalue weighted by Gasteiger charge is 2.02. The molecule has 0 aromatic heterocycles. The molecular formula is C17H20N2O2. The maximum absolute atomic E-state index is 11.8. The highest BCUT2D eigenvalue weighted by Crippen LogP contribution is 2.12. The number of anilines is 1. The normalized spacial score (nSPS) is 10.0. The van der Waals surface area contributed by atoms with Gasteiger partial charge >= 0.3 is 6.03 Å². The van der Waals surface area contributed by atoms with Gasteiger partial charge in [-0.25, -0.2) is 4.79 Å². The fourth-order valence-corrected chi connectivity index (χ4v) is 1.95. The summed E-state index contributed by atoms with van der Waals surface area (Å²) >= 11 is 0. The standard InChI is InChI=1S/C17H20N2O2/c1-3-21-16-9-7-14(8-10-16)12-18-17(20)19-15-6-4-5-13(2)11-15/h4-11H,3,12H2,1-2H3,(H2,18,19,20). The van der Waals surface area contributed by atoms with E-state index in [0.717, 1.165) is 22.6 Å². The van der Waals surface area contributed by atoms with Gasteiger partial charge in [-0.1, -0.05) is 24.3 Å². The van der Waals surface area contributed by atoms with E-state index >= 15 is 0 Å². The Balaban J connectivity index is 1.83. The number of carbonyl (C=O) groups is 1. The second-order valence-corrected chi connectivity index (χ2v) is 4.75. The lowest BCUT2D eigenvalue weighted by Gasteiger charge is -2.09. The van der Waals surface area contributed by atoms with Crippen molar-refractivity contribution in [2.24, 2.45) is 0 Å². The third-order valence-corrected chi connectivity index (χ3v) is 2.96. The van der Waals surface area contributed by atoms with E-state index in [1.807, 2.05) is 62.4 Å². The molecule has 2 aromatic carbocycles. The number of aryl methyl sites for hydroxylation is 1. The first kappa shape index (κ1) is 14.9. The van der Waals surface area contributed by atoms with Crippen LogP contribution in [0.15, 0.2) is 48.5 Å². The van der Waals surface area contributed by atoms with Crippen molar-refractivity contribution in [1.29, 1.82) is 0 Å². The van der Waals surface area contributed by atoms with Crippen molar-refractivity contribution in [3.05, 3.63) is 59.7 Å². The number of benzene rings is 2. The van der Waals surface area contributed by atoms with Gasteiger partial charge in [-0.3, -0.25) is 0 Å². The monoisotopic (exact) mass is 284 g/mol. The molecule has 0 radical (unpaired) electrons. The molecule has 0 saturated carbocycles. The van der Waals surface area contributed by atoms with Crippen LogP contribution in [0.5, 0.6) is 5.75 Å². The van der Waals surface area contributed by atoms with E-state index in [-0.39, 0.29) is 6.03 Å². The molecule has 0 aliphatic heterocycles. The number of rotatable bonds is 5. The molecule has 0 aliphatic rings. The minimum absolute atomic E-state index is 0.213. The first-order valence-corrected chi connectivity index (χ1v) is 7.00. The van der Waals surface area contributed by atoms with Crippen molar-refractivity contribution in [2.45, 2.75) is 20.4 Å². The predicted molar refractivity (Wildman–Crippen MR) is 84.6 cm³/mol. The summed E-state index contributed by atoms with van der Waals surface area (Å²) in [4.78, 5) is 11.8. The van der Waals surface area contributed by atoms with Crippen LogP contribution in [0.1, 0.15) is 18.1 Å². The van der Waals surface area contributed by atoms with E-state index in [9.17, 15) is 4.79 Å². The van der Waals surface area contributed by atoms with Gasteiger partial charge in [0.2, 0.25) is 0 Å². The van der Waals surface area contributed by atoms with Crippen LogP contribution < -0.4 is 15.4 Å². The van der Waals surface area contributed by atoms with Gasteiger partial charge in [-0.05, 0) is 49.2 Å². The molecule has 0 unspecified atom stereocenters. The first-order chi connectivity index (χ1) is 10.2. The summed E-state index contributed by atoms with van der Waals surface area (Å²) in [5, 5.41) is 5.64. The highest BCUT2D eigenvalue weighted by molar-refractivity contribution is 5.89. The van der Waals surface area contributed by atoms with Crippen LogP contribution in [0.4, 0.5) is 10.5 Å². The number of urea groups is 1. The Labute approximate surface area is 125 Å².